The first-order chi connectivity index (χ1) is 12.9. The molecular formula is C22H42N2O4. The zero-order valence-electron chi connectivity index (χ0n) is 18.8. The fourth-order valence-electron chi connectivity index (χ4n) is 2.73. The molecule has 0 aromatic rings. The first-order valence-electron chi connectivity index (χ1n) is 10.7. The van der Waals surface area contributed by atoms with E-state index in [0.717, 1.165) is 19.3 Å². The van der Waals surface area contributed by atoms with Crippen LogP contribution in [0.15, 0.2) is 0 Å². The van der Waals surface area contributed by atoms with Crippen molar-refractivity contribution >= 4 is 17.8 Å². The maximum Gasteiger partial charge on any atom is 0.326 e. The lowest BCUT2D eigenvalue weighted by Crippen LogP contribution is -2.47. The van der Waals surface area contributed by atoms with E-state index in [-0.39, 0.29) is 30.1 Å². The van der Waals surface area contributed by atoms with E-state index in [1.165, 1.54) is 19.3 Å². The molecule has 0 spiro atoms. The number of carbonyl (C=O) groups is 3. The summed E-state index contributed by atoms with van der Waals surface area (Å²) in [6.07, 6.45) is 7.32. The molecule has 3 N–H and O–H groups in total. The molecule has 0 rings (SSSR count). The number of aliphatic carboxylic acids is 1. The summed E-state index contributed by atoms with van der Waals surface area (Å²) < 4.78 is 0. The predicted molar refractivity (Wildman–Crippen MR) is 113 cm³/mol. The number of unbranched alkanes of at least 4 members (excludes halogenated alkanes) is 4. The largest absolute Gasteiger partial charge is 0.480 e. The Labute approximate surface area is 171 Å². The van der Waals surface area contributed by atoms with Crippen molar-refractivity contribution < 1.29 is 19.5 Å². The molecule has 1 unspecified atom stereocenters. The number of carboxylic acid groups (broad SMARTS) is 1. The lowest BCUT2D eigenvalue weighted by Gasteiger charge is -2.29. The van der Waals surface area contributed by atoms with Gasteiger partial charge in [0.25, 0.3) is 0 Å². The van der Waals surface area contributed by atoms with Gasteiger partial charge in [-0.1, -0.05) is 67.2 Å². The van der Waals surface area contributed by atoms with E-state index >= 15 is 0 Å². The van der Waals surface area contributed by atoms with Crippen molar-refractivity contribution in [3.63, 3.8) is 0 Å². The molecule has 0 aromatic heterocycles. The van der Waals surface area contributed by atoms with Crippen LogP contribution in [0.2, 0.25) is 0 Å². The van der Waals surface area contributed by atoms with Crippen LogP contribution in [0.4, 0.5) is 0 Å². The summed E-state index contributed by atoms with van der Waals surface area (Å²) in [4.78, 5) is 36.0. The third-order valence-electron chi connectivity index (χ3n) is 4.98. The number of carbonyl (C=O) groups excluding carboxylic acids is 2. The van der Waals surface area contributed by atoms with E-state index in [4.69, 9.17) is 0 Å². The highest BCUT2D eigenvalue weighted by molar-refractivity contribution is 5.87. The number of nitrogens with one attached hydrogen (secondary N) is 2. The van der Waals surface area contributed by atoms with Gasteiger partial charge in [-0.15, -0.1) is 0 Å². The summed E-state index contributed by atoms with van der Waals surface area (Å²) >= 11 is 0. The van der Waals surface area contributed by atoms with Crippen LogP contribution >= 0.6 is 0 Å². The highest BCUT2D eigenvalue weighted by Crippen LogP contribution is 2.30. The molecule has 0 saturated heterocycles. The van der Waals surface area contributed by atoms with Crippen LogP contribution in [0.3, 0.4) is 0 Å². The zero-order valence-corrected chi connectivity index (χ0v) is 18.8. The quantitative estimate of drug-likeness (QED) is 0.381. The van der Waals surface area contributed by atoms with Crippen LogP contribution < -0.4 is 10.6 Å². The predicted octanol–water partition coefficient (Wildman–Crippen LogP) is 4.28. The molecule has 0 bridgehead atoms. The van der Waals surface area contributed by atoms with Gasteiger partial charge in [-0.25, -0.2) is 4.79 Å². The molecule has 0 fully saturated rings. The fourth-order valence-corrected chi connectivity index (χ4v) is 2.73. The Hall–Kier alpha value is -1.59. The number of amides is 2. The van der Waals surface area contributed by atoms with E-state index in [9.17, 15) is 19.5 Å². The second-order valence-electron chi connectivity index (χ2n) is 9.61. The molecular weight excluding hydrogens is 356 g/mol. The van der Waals surface area contributed by atoms with Crippen molar-refractivity contribution in [1.29, 1.82) is 0 Å². The Morgan fingerprint density at radius 3 is 2.07 bits per heavy atom. The third kappa shape index (κ3) is 12.7. The highest BCUT2D eigenvalue weighted by Gasteiger charge is 2.32. The van der Waals surface area contributed by atoms with E-state index in [2.05, 4.69) is 38.3 Å². The minimum absolute atomic E-state index is 0.0919. The minimum Gasteiger partial charge on any atom is -0.480 e. The molecule has 0 aliphatic heterocycles. The number of carboxylic acids is 1. The van der Waals surface area contributed by atoms with Crippen LogP contribution in [0.5, 0.6) is 0 Å². The summed E-state index contributed by atoms with van der Waals surface area (Å²) in [5.41, 5.74) is -0.542. The van der Waals surface area contributed by atoms with Gasteiger partial charge in [0, 0.05) is 18.4 Å². The van der Waals surface area contributed by atoms with Crippen LogP contribution in [0, 0.1) is 10.8 Å². The summed E-state index contributed by atoms with van der Waals surface area (Å²) in [5, 5.41) is 14.9. The van der Waals surface area contributed by atoms with Gasteiger partial charge in [0.05, 0.1) is 0 Å². The average molecular weight is 399 g/mol. The van der Waals surface area contributed by atoms with Gasteiger partial charge in [-0.05, 0) is 31.1 Å². The standard InChI is InChI=1S/C22H42N2O4/c1-7-8-9-10-11-16-23-18(25)13-12-17(19(26)27)24-20(28)22(5,6)15-14-21(2,3)4/h17H,7-16H2,1-6H3,(H,23,25)(H,24,28)(H,26,27). The molecule has 2 amide bonds. The summed E-state index contributed by atoms with van der Waals surface area (Å²) in [5.74, 6) is -1.55. The second kappa shape index (κ2) is 12.8. The minimum atomic E-state index is -1.10. The molecule has 1 atom stereocenters. The maximum atomic E-state index is 12.6. The number of hydrogen-bond acceptors (Lipinski definition) is 3. The van der Waals surface area contributed by atoms with E-state index in [1.54, 1.807) is 0 Å². The van der Waals surface area contributed by atoms with E-state index in [0.29, 0.717) is 13.0 Å². The van der Waals surface area contributed by atoms with Crippen molar-refractivity contribution in [3.8, 4) is 0 Å². The topological polar surface area (TPSA) is 95.5 Å². The molecule has 0 saturated carbocycles. The molecule has 6 heteroatoms. The lowest BCUT2D eigenvalue weighted by atomic mass is 9.79. The van der Waals surface area contributed by atoms with Gasteiger partial charge in [-0.3, -0.25) is 9.59 Å². The molecule has 0 aliphatic carbocycles. The van der Waals surface area contributed by atoms with E-state index in [1.807, 2.05) is 13.8 Å². The Kier molecular flexibility index (Phi) is 12.1. The SMILES string of the molecule is CCCCCCCNC(=O)CCC(NC(=O)C(C)(C)CCC(C)(C)C)C(=O)O. The Bertz CT molecular complexity index is 495. The first kappa shape index (κ1) is 26.4. The van der Waals surface area contributed by atoms with Crippen molar-refractivity contribution in [2.45, 2.75) is 105 Å². The van der Waals surface area contributed by atoms with Crippen LogP contribution in [-0.2, 0) is 14.4 Å². The van der Waals surface area contributed by atoms with Crippen LogP contribution in [-0.4, -0.2) is 35.5 Å². The normalized spacial score (nSPS) is 13.1. The van der Waals surface area contributed by atoms with Crippen molar-refractivity contribution in [1.82, 2.24) is 10.6 Å². The summed E-state index contributed by atoms with van der Waals surface area (Å²) in [6, 6.07) is -1.04. The second-order valence-corrected chi connectivity index (χ2v) is 9.61. The molecule has 0 aliphatic rings. The monoisotopic (exact) mass is 398 g/mol. The first-order valence-corrected chi connectivity index (χ1v) is 10.7. The molecule has 6 nitrogen and oxygen atoms in total. The molecule has 0 aromatic carbocycles. The smallest absolute Gasteiger partial charge is 0.326 e. The Morgan fingerprint density at radius 1 is 0.929 bits per heavy atom. The Morgan fingerprint density at radius 2 is 1.54 bits per heavy atom. The fraction of sp³-hybridized carbons (Fsp3) is 0.864. The third-order valence-corrected chi connectivity index (χ3v) is 4.98. The average Bonchev–Trinajstić information content (AvgIpc) is 2.58. The molecule has 0 radical (unpaired) electrons. The molecule has 0 heterocycles. The van der Waals surface area contributed by atoms with Gasteiger partial charge in [-0.2, -0.15) is 0 Å². The van der Waals surface area contributed by atoms with Gasteiger partial charge in [0.15, 0.2) is 0 Å². The molecule has 28 heavy (non-hydrogen) atoms. The van der Waals surface area contributed by atoms with Crippen LogP contribution in [0.25, 0.3) is 0 Å². The van der Waals surface area contributed by atoms with Crippen molar-refractivity contribution in [3.05, 3.63) is 0 Å². The lowest BCUT2D eigenvalue weighted by molar-refractivity contribution is -0.144. The van der Waals surface area contributed by atoms with Gasteiger partial charge < -0.3 is 15.7 Å². The Balaban J connectivity index is 4.38. The highest BCUT2D eigenvalue weighted by atomic mass is 16.4. The summed E-state index contributed by atoms with van der Waals surface area (Å²) in [6.45, 7) is 12.8. The summed E-state index contributed by atoms with van der Waals surface area (Å²) in [7, 11) is 0. The van der Waals surface area contributed by atoms with Crippen molar-refractivity contribution in [2.24, 2.45) is 10.8 Å². The van der Waals surface area contributed by atoms with Crippen LogP contribution in [0.1, 0.15) is 99.3 Å². The van der Waals surface area contributed by atoms with Gasteiger partial charge in [0.1, 0.15) is 6.04 Å². The van der Waals surface area contributed by atoms with E-state index < -0.39 is 17.4 Å². The number of hydrogen-bond donors (Lipinski definition) is 3. The van der Waals surface area contributed by atoms with Gasteiger partial charge >= 0.3 is 5.97 Å². The van der Waals surface area contributed by atoms with Crippen molar-refractivity contribution in [2.75, 3.05) is 6.54 Å². The molecule has 164 valence electrons. The van der Waals surface area contributed by atoms with Gasteiger partial charge in [0.2, 0.25) is 11.8 Å². The zero-order chi connectivity index (χ0) is 21.8. The maximum absolute atomic E-state index is 12.6. The number of rotatable bonds is 14.